The van der Waals surface area contributed by atoms with E-state index in [0.29, 0.717) is 44.0 Å². The summed E-state index contributed by atoms with van der Waals surface area (Å²) in [6.45, 7) is 1.58. The highest BCUT2D eigenvalue weighted by Gasteiger charge is 2.36. The fourth-order valence-corrected chi connectivity index (χ4v) is 3.80. The zero-order chi connectivity index (χ0) is 14.2. The van der Waals surface area contributed by atoms with E-state index in [1.165, 1.54) is 0 Å². The molecule has 7 heteroatoms. The van der Waals surface area contributed by atoms with Gasteiger partial charge in [-0.05, 0) is 25.0 Å². The van der Waals surface area contributed by atoms with Crippen molar-refractivity contribution in [3.63, 3.8) is 0 Å². The quantitative estimate of drug-likeness (QED) is 0.817. The molecule has 1 aromatic carbocycles. The summed E-state index contributed by atoms with van der Waals surface area (Å²) < 4.78 is 32.0. The Morgan fingerprint density at radius 3 is 2.70 bits per heavy atom. The predicted octanol–water partition coefficient (Wildman–Crippen LogP) is 0.233. The first-order valence-electron chi connectivity index (χ1n) is 6.56. The molecule has 0 unspecified atom stereocenters. The molecule has 6 nitrogen and oxygen atoms in total. The molecule has 0 atom stereocenters. The molecule has 2 aliphatic heterocycles. The molecular formula is C13H17N3O3S. The van der Waals surface area contributed by atoms with E-state index < -0.39 is 15.6 Å². The van der Waals surface area contributed by atoms with E-state index in [4.69, 9.17) is 10.5 Å². The van der Waals surface area contributed by atoms with Crippen LogP contribution in [-0.2, 0) is 14.8 Å². The second-order valence-corrected chi connectivity index (χ2v) is 6.75. The van der Waals surface area contributed by atoms with E-state index in [-0.39, 0.29) is 4.90 Å². The van der Waals surface area contributed by atoms with E-state index in [1.807, 2.05) is 0 Å². The second kappa shape index (κ2) is 4.83. The van der Waals surface area contributed by atoms with Crippen molar-refractivity contribution in [3.8, 4) is 0 Å². The number of aliphatic imine (C=N–C) groups is 1. The minimum Gasteiger partial charge on any atom is -0.381 e. The highest BCUT2D eigenvalue weighted by molar-refractivity contribution is 7.90. The van der Waals surface area contributed by atoms with Crippen LogP contribution in [0.25, 0.3) is 0 Å². The fourth-order valence-electron chi connectivity index (χ4n) is 2.57. The Bertz CT molecular complexity index is 649. The van der Waals surface area contributed by atoms with Crippen molar-refractivity contribution in [1.82, 2.24) is 4.72 Å². The van der Waals surface area contributed by atoms with Gasteiger partial charge in [-0.1, -0.05) is 12.1 Å². The predicted molar refractivity (Wildman–Crippen MR) is 75.1 cm³/mol. The SMILES string of the molecule is NCC1(N=C2NS(=O)(=O)c3ccccc32)CCOCC1. The van der Waals surface area contributed by atoms with Crippen LogP contribution in [0.5, 0.6) is 0 Å². The largest absolute Gasteiger partial charge is 0.381 e. The normalized spacial score (nSPS) is 25.1. The molecule has 0 spiro atoms. The molecule has 0 aliphatic carbocycles. The summed E-state index contributed by atoms with van der Waals surface area (Å²) in [6.07, 6.45) is 1.41. The van der Waals surface area contributed by atoms with Crippen molar-refractivity contribution in [2.24, 2.45) is 10.7 Å². The molecule has 1 fully saturated rings. The van der Waals surface area contributed by atoms with Crippen LogP contribution in [0.3, 0.4) is 0 Å². The van der Waals surface area contributed by atoms with Gasteiger partial charge in [-0.3, -0.25) is 9.71 Å². The Labute approximate surface area is 118 Å². The van der Waals surface area contributed by atoms with Gasteiger partial charge in [0.15, 0.2) is 0 Å². The van der Waals surface area contributed by atoms with Gasteiger partial charge in [0.05, 0.1) is 10.4 Å². The van der Waals surface area contributed by atoms with Crippen LogP contribution in [-0.4, -0.2) is 39.6 Å². The van der Waals surface area contributed by atoms with Crippen molar-refractivity contribution in [1.29, 1.82) is 0 Å². The summed E-state index contributed by atoms with van der Waals surface area (Å²) in [5.74, 6) is 0.396. The molecule has 0 bridgehead atoms. The molecule has 1 aromatic rings. The van der Waals surface area contributed by atoms with Crippen LogP contribution in [0.15, 0.2) is 34.2 Å². The van der Waals surface area contributed by atoms with Crippen molar-refractivity contribution >= 4 is 15.9 Å². The number of nitrogens with two attached hydrogens (primary N) is 1. The first kappa shape index (κ1) is 13.5. The van der Waals surface area contributed by atoms with E-state index in [2.05, 4.69) is 9.71 Å². The number of nitrogens with one attached hydrogen (secondary N) is 1. The average Bonchev–Trinajstić information content (AvgIpc) is 2.72. The van der Waals surface area contributed by atoms with Crippen molar-refractivity contribution in [2.45, 2.75) is 23.3 Å². The van der Waals surface area contributed by atoms with Gasteiger partial charge in [0, 0.05) is 25.3 Å². The Morgan fingerprint density at radius 1 is 1.30 bits per heavy atom. The summed E-state index contributed by atoms with van der Waals surface area (Å²) in [4.78, 5) is 4.92. The van der Waals surface area contributed by atoms with Crippen molar-refractivity contribution in [3.05, 3.63) is 29.8 Å². The first-order valence-corrected chi connectivity index (χ1v) is 8.05. The molecule has 0 aromatic heterocycles. The van der Waals surface area contributed by atoms with Crippen molar-refractivity contribution < 1.29 is 13.2 Å². The molecule has 1 saturated heterocycles. The number of nitrogens with zero attached hydrogens (tertiary/aromatic N) is 1. The number of benzene rings is 1. The number of fused-ring (bicyclic) bond motifs is 1. The number of hydrogen-bond donors (Lipinski definition) is 2. The fraction of sp³-hybridized carbons (Fsp3) is 0.462. The molecule has 0 saturated carbocycles. The highest BCUT2D eigenvalue weighted by atomic mass is 32.2. The molecule has 0 radical (unpaired) electrons. The molecular weight excluding hydrogens is 278 g/mol. The van der Waals surface area contributed by atoms with Gasteiger partial charge >= 0.3 is 0 Å². The maximum atomic E-state index is 12.0. The van der Waals surface area contributed by atoms with E-state index in [0.717, 1.165) is 0 Å². The summed E-state index contributed by atoms with van der Waals surface area (Å²) >= 11 is 0. The van der Waals surface area contributed by atoms with Crippen LogP contribution in [0, 0.1) is 0 Å². The van der Waals surface area contributed by atoms with Crippen LogP contribution in [0.2, 0.25) is 0 Å². The lowest BCUT2D eigenvalue weighted by Gasteiger charge is -2.32. The molecule has 3 N–H and O–H groups in total. The van der Waals surface area contributed by atoms with Crippen LogP contribution < -0.4 is 10.5 Å². The Balaban J connectivity index is 2.05. The van der Waals surface area contributed by atoms with Gasteiger partial charge in [-0.2, -0.15) is 0 Å². The maximum absolute atomic E-state index is 12.0. The van der Waals surface area contributed by atoms with Gasteiger partial charge < -0.3 is 10.5 Å². The van der Waals surface area contributed by atoms with Crippen LogP contribution >= 0.6 is 0 Å². The standard InChI is InChI=1S/C13H17N3O3S/c14-9-13(5-7-19-8-6-13)15-12-10-3-1-2-4-11(10)20(17,18)16-12/h1-4H,5-9,14H2,(H,15,16). The minimum absolute atomic E-state index is 0.276. The third kappa shape index (κ3) is 2.21. The number of rotatable bonds is 2. The van der Waals surface area contributed by atoms with E-state index in [1.54, 1.807) is 24.3 Å². The van der Waals surface area contributed by atoms with E-state index >= 15 is 0 Å². The van der Waals surface area contributed by atoms with Gasteiger partial charge in [0.2, 0.25) is 0 Å². The van der Waals surface area contributed by atoms with Crippen molar-refractivity contribution in [2.75, 3.05) is 19.8 Å². The number of amidine groups is 1. The zero-order valence-electron chi connectivity index (χ0n) is 11.0. The second-order valence-electron chi connectivity index (χ2n) is 5.10. The highest BCUT2D eigenvalue weighted by Crippen LogP contribution is 2.28. The first-order chi connectivity index (χ1) is 9.56. The number of hydrogen-bond acceptors (Lipinski definition) is 5. The Kier molecular flexibility index (Phi) is 3.27. The lowest BCUT2D eigenvalue weighted by Crippen LogP contribution is -2.43. The molecule has 20 heavy (non-hydrogen) atoms. The lowest BCUT2D eigenvalue weighted by molar-refractivity contribution is 0.0569. The molecule has 108 valence electrons. The third-order valence-corrected chi connectivity index (χ3v) is 5.21. The monoisotopic (exact) mass is 295 g/mol. The Hall–Kier alpha value is -1.44. The van der Waals surface area contributed by atoms with Gasteiger partial charge in [-0.15, -0.1) is 0 Å². The summed E-state index contributed by atoms with van der Waals surface area (Å²) in [7, 11) is -3.49. The van der Waals surface area contributed by atoms with Crippen LogP contribution in [0.1, 0.15) is 18.4 Å². The minimum atomic E-state index is -3.49. The summed E-state index contributed by atoms with van der Waals surface area (Å²) in [5, 5.41) is 0. The smallest absolute Gasteiger partial charge is 0.263 e. The molecule has 0 amide bonds. The molecule has 2 heterocycles. The summed E-state index contributed by atoms with van der Waals surface area (Å²) in [6, 6.07) is 6.85. The van der Waals surface area contributed by atoms with Gasteiger partial charge in [-0.25, -0.2) is 8.42 Å². The topological polar surface area (TPSA) is 93.8 Å². The maximum Gasteiger partial charge on any atom is 0.263 e. The molecule has 3 rings (SSSR count). The third-order valence-electron chi connectivity index (χ3n) is 3.82. The summed E-state index contributed by atoms with van der Waals surface area (Å²) in [5.41, 5.74) is 6.04. The zero-order valence-corrected chi connectivity index (χ0v) is 11.8. The number of ether oxygens (including phenoxy) is 1. The van der Waals surface area contributed by atoms with Gasteiger partial charge in [0.25, 0.3) is 10.0 Å². The Morgan fingerprint density at radius 2 is 2.00 bits per heavy atom. The number of sulfonamides is 1. The van der Waals surface area contributed by atoms with Gasteiger partial charge in [0.1, 0.15) is 5.84 Å². The average molecular weight is 295 g/mol. The van der Waals surface area contributed by atoms with Crippen LogP contribution in [0.4, 0.5) is 0 Å². The lowest BCUT2D eigenvalue weighted by atomic mass is 9.91. The van der Waals surface area contributed by atoms with E-state index in [9.17, 15) is 8.42 Å². The molecule has 2 aliphatic rings.